The van der Waals surface area contributed by atoms with Crippen molar-refractivity contribution >= 4 is 5.84 Å². The Hall–Kier alpha value is -2.20. The molecule has 0 spiro atoms. The van der Waals surface area contributed by atoms with Gasteiger partial charge in [0.05, 0.1) is 12.6 Å². The Morgan fingerprint density at radius 2 is 1.88 bits per heavy atom. The highest BCUT2D eigenvalue weighted by molar-refractivity contribution is 5.88. The van der Waals surface area contributed by atoms with Crippen LogP contribution >= 0.6 is 0 Å². The van der Waals surface area contributed by atoms with E-state index in [1.807, 2.05) is 18.3 Å². The maximum Gasteiger partial charge on any atom is 0.114 e. The fourth-order valence-electron chi connectivity index (χ4n) is 3.13. The molecule has 4 nitrogen and oxygen atoms in total. The maximum absolute atomic E-state index is 4.90. The number of amidine groups is 1. The molecule has 0 saturated heterocycles. The Balaban J connectivity index is 1.76. The number of pyridine rings is 1. The highest BCUT2D eigenvalue weighted by Gasteiger charge is 2.33. The van der Waals surface area contributed by atoms with E-state index in [-0.39, 0.29) is 11.5 Å². The molecule has 126 valence electrons. The molecule has 2 atom stereocenters. The van der Waals surface area contributed by atoms with E-state index in [1.54, 1.807) is 0 Å². The Morgan fingerprint density at radius 1 is 1.12 bits per heavy atom. The van der Waals surface area contributed by atoms with Gasteiger partial charge in [0.15, 0.2) is 0 Å². The largest absolute Gasteiger partial charge is 0.371 e. The SMILES string of the molecule is CN(C)[C@@H](Cc1ccccc1)C1=NCC(C)(c2ccccn2)CN1. The van der Waals surface area contributed by atoms with E-state index in [9.17, 15) is 0 Å². The van der Waals surface area contributed by atoms with Crippen molar-refractivity contribution in [1.82, 2.24) is 15.2 Å². The summed E-state index contributed by atoms with van der Waals surface area (Å²) in [6.45, 7) is 3.86. The minimum atomic E-state index is -0.0473. The summed E-state index contributed by atoms with van der Waals surface area (Å²) in [5.74, 6) is 1.08. The van der Waals surface area contributed by atoms with Gasteiger partial charge < -0.3 is 5.32 Å². The predicted octanol–water partition coefficient (Wildman–Crippen LogP) is 2.51. The lowest BCUT2D eigenvalue weighted by Crippen LogP contribution is -2.53. The number of aromatic nitrogens is 1. The van der Waals surface area contributed by atoms with E-state index in [0.29, 0.717) is 0 Å². The topological polar surface area (TPSA) is 40.5 Å². The normalized spacial score (nSPS) is 21.9. The lowest BCUT2D eigenvalue weighted by Gasteiger charge is -2.36. The van der Waals surface area contributed by atoms with Crippen LogP contribution in [0.3, 0.4) is 0 Å². The summed E-state index contributed by atoms with van der Waals surface area (Å²) in [4.78, 5) is 11.7. The molecule has 0 saturated carbocycles. The molecule has 1 aromatic carbocycles. The number of aliphatic imine (C=N–C) groups is 1. The molecule has 4 heteroatoms. The third-order valence-corrected chi connectivity index (χ3v) is 4.75. The molecule has 2 aromatic rings. The van der Waals surface area contributed by atoms with Gasteiger partial charge in [-0.2, -0.15) is 0 Å². The van der Waals surface area contributed by atoms with Gasteiger partial charge in [-0.05, 0) is 38.2 Å². The van der Waals surface area contributed by atoms with Crippen LogP contribution in [0.4, 0.5) is 0 Å². The highest BCUT2D eigenvalue weighted by atomic mass is 15.2. The molecule has 0 fully saturated rings. The number of hydrogen-bond donors (Lipinski definition) is 1. The molecule has 0 bridgehead atoms. The van der Waals surface area contributed by atoms with Gasteiger partial charge in [0, 0.05) is 23.9 Å². The van der Waals surface area contributed by atoms with Crippen molar-refractivity contribution in [2.24, 2.45) is 4.99 Å². The molecule has 24 heavy (non-hydrogen) atoms. The highest BCUT2D eigenvalue weighted by Crippen LogP contribution is 2.24. The quantitative estimate of drug-likeness (QED) is 0.919. The van der Waals surface area contributed by atoms with Gasteiger partial charge in [-0.3, -0.25) is 14.9 Å². The van der Waals surface area contributed by atoms with E-state index >= 15 is 0 Å². The molecule has 0 radical (unpaired) electrons. The minimum absolute atomic E-state index is 0.0473. The number of rotatable bonds is 5. The molecule has 0 amide bonds. The smallest absolute Gasteiger partial charge is 0.114 e. The molecular formula is C20H26N4. The van der Waals surface area contributed by atoms with E-state index in [4.69, 9.17) is 4.99 Å². The van der Waals surface area contributed by atoms with E-state index in [2.05, 4.69) is 72.6 Å². The Bertz CT molecular complexity index is 681. The van der Waals surface area contributed by atoms with Crippen LogP contribution in [0.15, 0.2) is 59.7 Å². The third kappa shape index (κ3) is 3.65. The van der Waals surface area contributed by atoms with Crippen LogP contribution in [0.25, 0.3) is 0 Å². The number of benzene rings is 1. The summed E-state index contributed by atoms with van der Waals surface area (Å²) >= 11 is 0. The third-order valence-electron chi connectivity index (χ3n) is 4.75. The first-order valence-electron chi connectivity index (χ1n) is 8.48. The standard InChI is InChI=1S/C20H26N4/c1-20(18-11-7-8-12-21-18)14-22-19(23-15-20)17(24(2)3)13-16-9-5-4-6-10-16/h4-12,17H,13-15H2,1-3H3,(H,22,23)/t17-/m0/s1. The first-order valence-corrected chi connectivity index (χ1v) is 8.48. The van der Waals surface area contributed by atoms with Crippen LogP contribution in [0.1, 0.15) is 18.2 Å². The van der Waals surface area contributed by atoms with Gasteiger partial charge in [0.2, 0.25) is 0 Å². The van der Waals surface area contributed by atoms with Crippen LogP contribution in [0, 0.1) is 0 Å². The fourth-order valence-corrected chi connectivity index (χ4v) is 3.13. The van der Waals surface area contributed by atoms with Gasteiger partial charge in [-0.15, -0.1) is 0 Å². The second-order valence-electron chi connectivity index (χ2n) is 7.00. The first-order chi connectivity index (χ1) is 11.6. The molecule has 1 N–H and O–H groups in total. The van der Waals surface area contributed by atoms with Crippen molar-refractivity contribution in [2.75, 3.05) is 27.2 Å². The van der Waals surface area contributed by atoms with Crippen molar-refractivity contribution < 1.29 is 0 Å². The van der Waals surface area contributed by atoms with E-state index < -0.39 is 0 Å². The molecule has 1 aliphatic rings. The summed E-state index contributed by atoms with van der Waals surface area (Å²) in [5.41, 5.74) is 2.39. The molecule has 1 aliphatic heterocycles. The summed E-state index contributed by atoms with van der Waals surface area (Å²) in [6.07, 6.45) is 2.82. The van der Waals surface area contributed by atoms with Gasteiger partial charge in [0.1, 0.15) is 5.84 Å². The summed E-state index contributed by atoms with van der Waals surface area (Å²) in [5, 5.41) is 3.58. The number of hydrogen-bond acceptors (Lipinski definition) is 4. The molecule has 1 unspecified atom stereocenters. The van der Waals surface area contributed by atoms with Crippen molar-refractivity contribution in [2.45, 2.75) is 24.8 Å². The van der Waals surface area contributed by atoms with Gasteiger partial charge >= 0.3 is 0 Å². The van der Waals surface area contributed by atoms with E-state index in [1.165, 1.54) is 5.56 Å². The number of likely N-dealkylation sites (N-methyl/N-ethyl adjacent to an activating group) is 1. The maximum atomic E-state index is 4.90. The average Bonchev–Trinajstić information content (AvgIpc) is 2.62. The van der Waals surface area contributed by atoms with Crippen LogP contribution in [0.2, 0.25) is 0 Å². The van der Waals surface area contributed by atoms with Gasteiger partial charge in [-0.25, -0.2) is 0 Å². The zero-order valence-corrected chi connectivity index (χ0v) is 14.7. The second-order valence-corrected chi connectivity index (χ2v) is 7.00. The number of nitrogens with one attached hydrogen (secondary N) is 1. The number of nitrogens with zero attached hydrogens (tertiary/aromatic N) is 3. The summed E-state index contributed by atoms with van der Waals surface area (Å²) in [7, 11) is 4.23. The second kappa shape index (κ2) is 7.14. The lowest BCUT2D eigenvalue weighted by atomic mass is 9.84. The van der Waals surface area contributed by atoms with Crippen LogP contribution in [-0.4, -0.2) is 48.9 Å². The summed E-state index contributed by atoms with van der Waals surface area (Å²) in [6, 6.07) is 17.0. The lowest BCUT2D eigenvalue weighted by molar-refractivity contribution is 0.341. The van der Waals surface area contributed by atoms with Gasteiger partial charge in [0.25, 0.3) is 0 Å². The molecular weight excluding hydrogens is 296 g/mol. The van der Waals surface area contributed by atoms with Crippen molar-refractivity contribution in [3.05, 3.63) is 66.0 Å². The zero-order valence-electron chi connectivity index (χ0n) is 14.7. The minimum Gasteiger partial charge on any atom is -0.371 e. The molecule has 2 heterocycles. The average molecular weight is 322 g/mol. The fraction of sp³-hybridized carbons (Fsp3) is 0.400. The summed E-state index contributed by atoms with van der Waals surface area (Å²) < 4.78 is 0. The van der Waals surface area contributed by atoms with Crippen LogP contribution < -0.4 is 5.32 Å². The molecule has 0 aliphatic carbocycles. The Morgan fingerprint density at radius 3 is 2.46 bits per heavy atom. The Labute approximate surface area is 144 Å². The predicted molar refractivity (Wildman–Crippen MR) is 99.5 cm³/mol. The van der Waals surface area contributed by atoms with Crippen molar-refractivity contribution in [1.29, 1.82) is 0 Å². The van der Waals surface area contributed by atoms with Crippen molar-refractivity contribution in [3.63, 3.8) is 0 Å². The van der Waals surface area contributed by atoms with Crippen LogP contribution in [-0.2, 0) is 11.8 Å². The van der Waals surface area contributed by atoms with Crippen LogP contribution in [0.5, 0.6) is 0 Å². The molecule has 1 aromatic heterocycles. The van der Waals surface area contributed by atoms with Crippen molar-refractivity contribution in [3.8, 4) is 0 Å². The zero-order chi connectivity index (χ0) is 17.0. The van der Waals surface area contributed by atoms with Gasteiger partial charge in [-0.1, -0.05) is 43.3 Å². The Kier molecular flexibility index (Phi) is 4.95. The first kappa shape index (κ1) is 16.7. The monoisotopic (exact) mass is 322 g/mol. The van der Waals surface area contributed by atoms with E-state index in [0.717, 1.165) is 31.0 Å². The molecule has 3 rings (SSSR count).